The average molecular weight is 217 g/mol. The van der Waals surface area contributed by atoms with Crippen molar-refractivity contribution in [3.05, 3.63) is 0 Å². The molecule has 5 nitrogen and oxygen atoms in total. The van der Waals surface area contributed by atoms with E-state index in [1.165, 1.54) is 12.0 Å². The molecule has 0 spiro atoms. The standard InChI is InChI=1S/C10H19NO4/c1-5-11(7-9(13)14)8(12)6-10(2,3)15-4/h5-7H2,1-4H3,(H,13,14). The average Bonchev–Trinajstić information content (AvgIpc) is 2.13. The summed E-state index contributed by atoms with van der Waals surface area (Å²) in [5.74, 6) is -1.20. The molecule has 0 aliphatic carbocycles. The van der Waals surface area contributed by atoms with Crippen molar-refractivity contribution in [3.8, 4) is 0 Å². The molecule has 0 saturated carbocycles. The summed E-state index contributed by atoms with van der Waals surface area (Å²) in [6.45, 7) is 5.47. The van der Waals surface area contributed by atoms with Crippen LogP contribution in [0.2, 0.25) is 0 Å². The monoisotopic (exact) mass is 217 g/mol. The van der Waals surface area contributed by atoms with Gasteiger partial charge in [0.15, 0.2) is 0 Å². The van der Waals surface area contributed by atoms with Crippen LogP contribution < -0.4 is 0 Å². The summed E-state index contributed by atoms with van der Waals surface area (Å²) in [7, 11) is 1.53. The van der Waals surface area contributed by atoms with Gasteiger partial charge in [0.25, 0.3) is 0 Å². The zero-order chi connectivity index (χ0) is 12.1. The molecule has 0 heterocycles. The largest absolute Gasteiger partial charge is 0.480 e. The second kappa shape index (κ2) is 5.70. The minimum atomic E-state index is -1.000. The second-order valence-electron chi connectivity index (χ2n) is 3.94. The molecule has 5 heteroatoms. The number of hydrogen-bond donors (Lipinski definition) is 1. The van der Waals surface area contributed by atoms with E-state index >= 15 is 0 Å². The van der Waals surface area contributed by atoms with Crippen LogP contribution in [-0.2, 0) is 14.3 Å². The molecule has 1 amide bonds. The van der Waals surface area contributed by atoms with E-state index in [-0.39, 0.29) is 18.9 Å². The summed E-state index contributed by atoms with van der Waals surface area (Å²) < 4.78 is 5.11. The van der Waals surface area contributed by atoms with E-state index in [4.69, 9.17) is 9.84 Å². The second-order valence-corrected chi connectivity index (χ2v) is 3.94. The van der Waals surface area contributed by atoms with Gasteiger partial charge in [0.05, 0.1) is 12.0 Å². The van der Waals surface area contributed by atoms with Gasteiger partial charge in [0, 0.05) is 13.7 Å². The number of carbonyl (C=O) groups is 2. The van der Waals surface area contributed by atoms with Crippen LogP contribution in [0.25, 0.3) is 0 Å². The fourth-order valence-electron chi connectivity index (χ4n) is 1.09. The molecule has 0 aromatic heterocycles. The Bertz CT molecular complexity index is 238. The third kappa shape index (κ3) is 5.37. The molecule has 0 radical (unpaired) electrons. The Kier molecular flexibility index (Phi) is 5.28. The third-order valence-corrected chi connectivity index (χ3v) is 2.19. The fraction of sp³-hybridized carbons (Fsp3) is 0.800. The highest BCUT2D eigenvalue weighted by Crippen LogP contribution is 2.14. The SMILES string of the molecule is CCN(CC(=O)O)C(=O)CC(C)(C)OC. The molecule has 0 aromatic rings. The Balaban J connectivity index is 4.34. The van der Waals surface area contributed by atoms with E-state index in [1.807, 2.05) is 0 Å². The summed E-state index contributed by atoms with van der Waals surface area (Å²) in [6, 6.07) is 0. The van der Waals surface area contributed by atoms with Gasteiger partial charge in [-0.05, 0) is 20.8 Å². The van der Waals surface area contributed by atoms with Crippen LogP contribution in [0.3, 0.4) is 0 Å². The zero-order valence-electron chi connectivity index (χ0n) is 9.74. The number of ether oxygens (including phenoxy) is 1. The molecular weight excluding hydrogens is 198 g/mol. The van der Waals surface area contributed by atoms with E-state index < -0.39 is 11.6 Å². The Morgan fingerprint density at radius 2 is 1.93 bits per heavy atom. The molecule has 15 heavy (non-hydrogen) atoms. The van der Waals surface area contributed by atoms with Gasteiger partial charge >= 0.3 is 5.97 Å². The van der Waals surface area contributed by atoms with Crippen LogP contribution in [0.4, 0.5) is 0 Å². The predicted octanol–water partition coefficient (Wildman–Crippen LogP) is 0.735. The number of nitrogens with zero attached hydrogens (tertiary/aromatic N) is 1. The van der Waals surface area contributed by atoms with Crippen LogP contribution in [-0.4, -0.2) is 47.7 Å². The van der Waals surface area contributed by atoms with Crippen molar-refractivity contribution in [2.45, 2.75) is 32.8 Å². The lowest BCUT2D eigenvalue weighted by Crippen LogP contribution is -2.40. The topological polar surface area (TPSA) is 66.8 Å². The summed E-state index contributed by atoms with van der Waals surface area (Å²) in [4.78, 5) is 23.4. The Labute approximate surface area is 90.0 Å². The maximum atomic E-state index is 11.7. The lowest BCUT2D eigenvalue weighted by molar-refractivity contribution is -0.146. The number of carboxylic acids is 1. The molecule has 0 aliphatic rings. The van der Waals surface area contributed by atoms with E-state index in [2.05, 4.69) is 0 Å². The number of likely N-dealkylation sites (N-methyl/N-ethyl adjacent to an activating group) is 1. The highest BCUT2D eigenvalue weighted by atomic mass is 16.5. The minimum absolute atomic E-state index is 0.185. The van der Waals surface area contributed by atoms with Crippen LogP contribution in [0.1, 0.15) is 27.2 Å². The molecule has 0 fully saturated rings. The molecule has 0 bridgehead atoms. The third-order valence-electron chi connectivity index (χ3n) is 2.19. The van der Waals surface area contributed by atoms with Gasteiger partial charge in [-0.15, -0.1) is 0 Å². The molecular formula is C10H19NO4. The summed E-state index contributed by atoms with van der Waals surface area (Å²) in [5, 5.41) is 8.59. The highest BCUT2D eigenvalue weighted by molar-refractivity contribution is 5.81. The fourth-order valence-corrected chi connectivity index (χ4v) is 1.09. The number of hydrogen-bond acceptors (Lipinski definition) is 3. The molecule has 0 saturated heterocycles. The lowest BCUT2D eigenvalue weighted by Gasteiger charge is -2.26. The van der Waals surface area contributed by atoms with Gasteiger partial charge in [-0.2, -0.15) is 0 Å². The number of rotatable bonds is 6. The number of carboxylic acid groups (broad SMARTS) is 1. The summed E-state index contributed by atoms with van der Waals surface area (Å²) in [6.07, 6.45) is 0.185. The van der Waals surface area contributed by atoms with Crippen LogP contribution in [0.5, 0.6) is 0 Å². The Hall–Kier alpha value is -1.10. The number of methoxy groups -OCH3 is 1. The highest BCUT2D eigenvalue weighted by Gasteiger charge is 2.25. The molecule has 0 aromatic carbocycles. The molecule has 0 aliphatic heterocycles. The van der Waals surface area contributed by atoms with Crippen LogP contribution in [0, 0.1) is 0 Å². The normalized spacial score (nSPS) is 11.2. The minimum Gasteiger partial charge on any atom is -0.480 e. The number of carbonyl (C=O) groups excluding carboxylic acids is 1. The predicted molar refractivity (Wildman–Crippen MR) is 55.6 cm³/mol. The van der Waals surface area contributed by atoms with Gasteiger partial charge in [0.1, 0.15) is 6.54 Å². The van der Waals surface area contributed by atoms with Crippen molar-refractivity contribution in [2.75, 3.05) is 20.2 Å². The lowest BCUT2D eigenvalue weighted by atomic mass is 10.0. The first-order chi connectivity index (χ1) is 6.82. The molecule has 1 N–H and O–H groups in total. The Morgan fingerprint density at radius 3 is 2.27 bits per heavy atom. The van der Waals surface area contributed by atoms with Crippen molar-refractivity contribution < 1.29 is 19.4 Å². The maximum absolute atomic E-state index is 11.7. The molecule has 0 atom stereocenters. The van der Waals surface area contributed by atoms with E-state index in [0.29, 0.717) is 6.54 Å². The zero-order valence-corrected chi connectivity index (χ0v) is 9.74. The first-order valence-corrected chi connectivity index (χ1v) is 4.87. The van der Waals surface area contributed by atoms with Crippen molar-refractivity contribution in [1.82, 2.24) is 4.90 Å². The first kappa shape index (κ1) is 13.9. The van der Waals surface area contributed by atoms with Gasteiger partial charge in [-0.1, -0.05) is 0 Å². The van der Waals surface area contributed by atoms with Gasteiger partial charge in [-0.25, -0.2) is 0 Å². The molecule has 0 rings (SSSR count). The van der Waals surface area contributed by atoms with Crippen molar-refractivity contribution in [1.29, 1.82) is 0 Å². The van der Waals surface area contributed by atoms with E-state index in [9.17, 15) is 9.59 Å². The summed E-state index contributed by atoms with van der Waals surface area (Å²) in [5.41, 5.74) is -0.553. The molecule has 88 valence electrons. The smallest absolute Gasteiger partial charge is 0.323 e. The Morgan fingerprint density at radius 1 is 1.40 bits per heavy atom. The van der Waals surface area contributed by atoms with Crippen LogP contribution in [0.15, 0.2) is 0 Å². The first-order valence-electron chi connectivity index (χ1n) is 4.87. The van der Waals surface area contributed by atoms with E-state index in [0.717, 1.165) is 0 Å². The van der Waals surface area contributed by atoms with Crippen molar-refractivity contribution in [2.24, 2.45) is 0 Å². The number of aliphatic carboxylic acids is 1. The van der Waals surface area contributed by atoms with Gasteiger partial charge in [-0.3, -0.25) is 9.59 Å². The van der Waals surface area contributed by atoms with Crippen molar-refractivity contribution >= 4 is 11.9 Å². The summed E-state index contributed by atoms with van der Waals surface area (Å²) >= 11 is 0. The van der Waals surface area contributed by atoms with E-state index in [1.54, 1.807) is 20.8 Å². The van der Waals surface area contributed by atoms with Crippen LogP contribution >= 0.6 is 0 Å². The molecule has 0 unspecified atom stereocenters. The quantitative estimate of drug-likeness (QED) is 0.712. The number of amides is 1. The maximum Gasteiger partial charge on any atom is 0.323 e. The van der Waals surface area contributed by atoms with Gasteiger partial charge < -0.3 is 14.7 Å². The van der Waals surface area contributed by atoms with Gasteiger partial charge in [0.2, 0.25) is 5.91 Å². The van der Waals surface area contributed by atoms with Crippen molar-refractivity contribution in [3.63, 3.8) is 0 Å².